The molecule has 0 spiro atoms. The third kappa shape index (κ3) is 5.13. The molecule has 2 heterocycles. The summed E-state index contributed by atoms with van der Waals surface area (Å²) < 4.78 is 5.34. The number of hydrogen-bond donors (Lipinski definition) is 1. The summed E-state index contributed by atoms with van der Waals surface area (Å²) in [6.45, 7) is 1.93. The fourth-order valence-electron chi connectivity index (χ4n) is 3.68. The Kier molecular flexibility index (Phi) is 7.47. The van der Waals surface area contributed by atoms with E-state index in [9.17, 15) is 14.7 Å². The van der Waals surface area contributed by atoms with E-state index in [0.717, 1.165) is 30.7 Å². The van der Waals surface area contributed by atoms with Gasteiger partial charge < -0.3 is 19.6 Å². The number of rotatable bonds is 5. The molecule has 1 aromatic carbocycles. The molecule has 0 bridgehead atoms. The van der Waals surface area contributed by atoms with Gasteiger partial charge in [0, 0.05) is 43.9 Å². The van der Waals surface area contributed by atoms with Gasteiger partial charge in [0.2, 0.25) is 5.91 Å². The van der Waals surface area contributed by atoms with Gasteiger partial charge in [0.05, 0.1) is 19.6 Å². The van der Waals surface area contributed by atoms with Crippen LogP contribution in [0.3, 0.4) is 0 Å². The van der Waals surface area contributed by atoms with Crippen LogP contribution in [0.5, 0.6) is 5.75 Å². The normalized spacial score (nSPS) is 19.3. The number of methoxy groups -OCH3 is 1. The molecular weight excluding hydrogens is 370 g/mol. The third-order valence-electron chi connectivity index (χ3n) is 5.04. The number of carbonyl (C=O) groups is 2. The van der Waals surface area contributed by atoms with E-state index < -0.39 is 6.09 Å². The van der Waals surface area contributed by atoms with E-state index in [1.54, 1.807) is 7.11 Å². The SMILES string of the molecule is COc1ccccc1CC(=O)N1CCN(C(=O)O)CC1CC1=NCCC1.Cl. The van der Waals surface area contributed by atoms with Crippen molar-refractivity contribution in [3.05, 3.63) is 29.8 Å². The molecule has 1 N–H and O–H groups in total. The molecule has 1 aromatic rings. The van der Waals surface area contributed by atoms with Gasteiger partial charge in [0.15, 0.2) is 0 Å². The van der Waals surface area contributed by atoms with Crippen molar-refractivity contribution in [2.75, 3.05) is 33.3 Å². The number of carbonyl (C=O) groups excluding carboxylic acids is 1. The topological polar surface area (TPSA) is 82.4 Å². The summed E-state index contributed by atoms with van der Waals surface area (Å²) >= 11 is 0. The third-order valence-corrected chi connectivity index (χ3v) is 5.04. The standard InChI is InChI=1S/C19H25N3O4.ClH/c1-26-17-7-3-2-5-14(17)11-18(23)22-10-9-21(19(24)25)13-16(22)12-15-6-4-8-20-15;/h2-3,5,7,16H,4,6,8-13H2,1H3,(H,24,25);1H. The van der Waals surface area contributed by atoms with E-state index >= 15 is 0 Å². The van der Waals surface area contributed by atoms with Gasteiger partial charge in [0.1, 0.15) is 5.75 Å². The summed E-state index contributed by atoms with van der Waals surface area (Å²) in [4.78, 5) is 32.0. The van der Waals surface area contributed by atoms with E-state index in [2.05, 4.69) is 4.99 Å². The quantitative estimate of drug-likeness (QED) is 0.830. The van der Waals surface area contributed by atoms with Crippen molar-refractivity contribution in [1.29, 1.82) is 0 Å². The first-order valence-corrected chi connectivity index (χ1v) is 9.00. The number of para-hydroxylation sites is 1. The van der Waals surface area contributed by atoms with Gasteiger partial charge in [0.25, 0.3) is 0 Å². The minimum Gasteiger partial charge on any atom is -0.496 e. The summed E-state index contributed by atoms with van der Waals surface area (Å²) in [6.07, 6.45) is 1.96. The van der Waals surface area contributed by atoms with Gasteiger partial charge in [-0.05, 0) is 18.9 Å². The maximum Gasteiger partial charge on any atom is 0.407 e. The first kappa shape index (κ1) is 21.0. The molecule has 1 unspecified atom stereocenters. The smallest absolute Gasteiger partial charge is 0.407 e. The van der Waals surface area contributed by atoms with Crippen molar-refractivity contribution in [3.8, 4) is 5.75 Å². The number of ether oxygens (including phenoxy) is 1. The number of halogens is 1. The van der Waals surface area contributed by atoms with E-state index in [0.29, 0.717) is 31.8 Å². The summed E-state index contributed by atoms with van der Waals surface area (Å²) in [5.41, 5.74) is 1.94. The minimum absolute atomic E-state index is 0. The Hall–Kier alpha value is -2.28. The lowest BCUT2D eigenvalue weighted by atomic mass is 10.0. The van der Waals surface area contributed by atoms with Crippen molar-refractivity contribution >= 4 is 30.1 Å². The first-order valence-electron chi connectivity index (χ1n) is 9.00. The van der Waals surface area contributed by atoms with Crippen molar-refractivity contribution in [1.82, 2.24) is 9.80 Å². The number of nitrogens with zero attached hydrogens (tertiary/aromatic N) is 3. The van der Waals surface area contributed by atoms with Crippen molar-refractivity contribution < 1.29 is 19.4 Å². The maximum atomic E-state index is 13.0. The molecule has 0 saturated carbocycles. The van der Waals surface area contributed by atoms with Gasteiger partial charge in [-0.2, -0.15) is 0 Å². The Morgan fingerprint density at radius 2 is 2.07 bits per heavy atom. The van der Waals surface area contributed by atoms with E-state index in [4.69, 9.17) is 4.74 Å². The molecule has 27 heavy (non-hydrogen) atoms. The number of amides is 2. The summed E-state index contributed by atoms with van der Waals surface area (Å²) in [7, 11) is 1.59. The monoisotopic (exact) mass is 395 g/mol. The van der Waals surface area contributed by atoms with Crippen molar-refractivity contribution in [2.24, 2.45) is 4.99 Å². The molecule has 3 rings (SSSR count). The van der Waals surface area contributed by atoms with Gasteiger partial charge in [-0.3, -0.25) is 9.79 Å². The number of carboxylic acid groups (broad SMARTS) is 1. The zero-order chi connectivity index (χ0) is 18.5. The molecule has 2 aliphatic heterocycles. The molecule has 0 aromatic heterocycles. The van der Waals surface area contributed by atoms with Crippen LogP contribution in [0.25, 0.3) is 0 Å². The highest BCUT2D eigenvalue weighted by Crippen LogP contribution is 2.22. The zero-order valence-corrected chi connectivity index (χ0v) is 16.3. The van der Waals surface area contributed by atoms with E-state index in [1.807, 2.05) is 29.2 Å². The Bertz CT molecular complexity index is 710. The summed E-state index contributed by atoms with van der Waals surface area (Å²) in [5.74, 6) is 0.699. The lowest BCUT2D eigenvalue weighted by Crippen LogP contribution is -2.57. The van der Waals surface area contributed by atoms with Crippen LogP contribution in [0.15, 0.2) is 29.3 Å². The highest BCUT2D eigenvalue weighted by molar-refractivity contribution is 5.87. The lowest BCUT2D eigenvalue weighted by molar-refractivity contribution is -0.134. The Balaban J connectivity index is 0.00000261. The van der Waals surface area contributed by atoms with Crippen LogP contribution in [-0.2, 0) is 11.2 Å². The zero-order valence-electron chi connectivity index (χ0n) is 15.5. The molecule has 7 nitrogen and oxygen atoms in total. The number of aliphatic imine (C=N–C) groups is 1. The van der Waals surface area contributed by atoms with Crippen LogP contribution in [0, 0.1) is 0 Å². The average Bonchev–Trinajstić information content (AvgIpc) is 3.15. The molecule has 1 fully saturated rings. The molecular formula is C19H26ClN3O4. The molecule has 8 heteroatoms. The van der Waals surface area contributed by atoms with Gasteiger partial charge in [-0.1, -0.05) is 18.2 Å². The second kappa shape index (κ2) is 9.60. The van der Waals surface area contributed by atoms with Crippen LogP contribution in [0.4, 0.5) is 4.79 Å². The Morgan fingerprint density at radius 3 is 2.74 bits per heavy atom. The summed E-state index contributed by atoms with van der Waals surface area (Å²) in [6, 6.07) is 7.34. The Labute approximate surface area is 165 Å². The number of piperazine rings is 1. The predicted octanol–water partition coefficient (Wildman–Crippen LogP) is 2.48. The van der Waals surface area contributed by atoms with Crippen molar-refractivity contribution in [3.63, 3.8) is 0 Å². The molecule has 1 saturated heterocycles. The Morgan fingerprint density at radius 1 is 1.30 bits per heavy atom. The predicted molar refractivity (Wildman–Crippen MR) is 105 cm³/mol. The molecule has 148 valence electrons. The minimum atomic E-state index is -0.930. The largest absolute Gasteiger partial charge is 0.496 e. The maximum absolute atomic E-state index is 13.0. The molecule has 0 radical (unpaired) electrons. The van der Waals surface area contributed by atoms with E-state index in [1.165, 1.54) is 4.90 Å². The second-order valence-electron chi connectivity index (χ2n) is 6.71. The second-order valence-corrected chi connectivity index (χ2v) is 6.71. The fraction of sp³-hybridized carbons (Fsp3) is 0.526. The van der Waals surface area contributed by atoms with Gasteiger partial charge in [-0.25, -0.2) is 4.79 Å². The molecule has 1 atom stereocenters. The first-order chi connectivity index (χ1) is 12.6. The van der Waals surface area contributed by atoms with Crippen LogP contribution in [0.1, 0.15) is 24.8 Å². The molecule has 2 aliphatic rings. The number of hydrogen-bond acceptors (Lipinski definition) is 4. The van der Waals surface area contributed by atoms with Crippen molar-refractivity contribution in [2.45, 2.75) is 31.7 Å². The van der Waals surface area contributed by atoms with Gasteiger partial charge in [-0.15, -0.1) is 12.4 Å². The summed E-state index contributed by atoms with van der Waals surface area (Å²) in [5, 5.41) is 9.32. The van der Waals surface area contributed by atoms with Gasteiger partial charge >= 0.3 is 6.09 Å². The highest BCUT2D eigenvalue weighted by atomic mass is 35.5. The van der Waals surface area contributed by atoms with E-state index in [-0.39, 0.29) is 30.8 Å². The van der Waals surface area contributed by atoms with Crippen LogP contribution < -0.4 is 4.74 Å². The average molecular weight is 396 g/mol. The van der Waals surface area contributed by atoms with Crippen LogP contribution in [0.2, 0.25) is 0 Å². The van der Waals surface area contributed by atoms with Crippen LogP contribution >= 0.6 is 12.4 Å². The lowest BCUT2D eigenvalue weighted by Gasteiger charge is -2.40. The number of benzene rings is 1. The van der Waals surface area contributed by atoms with Crippen LogP contribution in [-0.4, -0.2) is 71.9 Å². The highest BCUT2D eigenvalue weighted by Gasteiger charge is 2.33. The molecule has 2 amide bonds. The molecule has 0 aliphatic carbocycles. The fourth-order valence-corrected chi connectivity index (χ4v) is 3.68.